The minimum atomic E-state index is -0.543. The summed E-state index contributed by atoms with van der Waals surface area (Å²) in [6.45, 7) is 6.24. The van der Waals surface area contributed by atoms with Gasteiger partial charge < -0.3 is 10.2 Å². The van der Waals surface area contributed by atoms with Crippen LogP contribution in [0.1, 0.15) is 54.9 Å². The standard InChI is InChI=1S/C25H31ClN2O2/c1-17-8-9-18(2)21(14-17)15-24(29)28(16-20-10-12-22(26)13-11-20)19(3)25(30)27-23-6-4-5-7-23/h8-14,19,23H,4-7,15-16H2,1-3H3,(H,27,30)/t19-/m0/s1. The summed E-state index contributed by atoms with van der Waals surface area (Å²) in [4.78, 5) is 28.0. The molecule has 0 heterocycles. The molecule has 0 spiro atoms. The largest absolute Gasteiger partial charge is 0.352 e. The lowest BCUT2D eigenvalue weighted by molar-refractivity contribution is -0.140. The van der Waals surface area contributed by atoms with Gasteiger partial charge in [0.2, 0.25) is 11.8 Å². The van der Waals surface area contributed by atoms with Crippen LogP contribution in [0.4, 0.5) is 0 Å². The smallest absolute Gasteiger partial charge is 0.242 e. The third kappa shape index (κ3) is 5.85. The number of carbonyl (C=O) groups excluding carboxylic acids is 2. The zero-order chi connectivity index (χ0) is 21.7. The Balaban J connectivity index is 1.79. The molecule has 0 aliphatic heterocycles. The third-order valence-corrected chi connectivity index (χ3v) is 6.23. The average molecular weight is 427 g/mol. The molecule has 3 rings (SSSR count). The van der Waals surface area contributed by atoms with Gasteiger partial charge in [-0.15, -0.1) is 0 Å². The van der Waals surface area contributed by atoms with Crippen LogP contribution >= 0.6 is 11.6 Å². The van der Waals surface area contributed by atoms with Gasteiger partial charge in [-0.1, -0.05) is 60.3 Å². The highest BCUT2D eigenvalue weighted by Gasteiger charge is 2.28. The molecular formula is C25H31ClN2O2. The van der Waals surface area contributed by atoms with Crippen molar-refractivity contribution in [3.8, 4) is 0 Å². The van der Waals surface area contributed by atoms with Gasteiger partial charge in [-0.2, -0.15) is 0 Å². The average Bonchev–Trinajstić information content (AvgIpc) is 3.22. The lowest BCUT2D eigenvalue weighted by Gasteiger charge is -2.30. The molecule has 5 heteroatoms. The first-order valence-electron chi connectivity index (χ1n) is 10.7. The molecule has 4 nitrogen and oxygen atoms in total. The van der Waals surface area contributed by atoms with Crippen molar-refractivity contribution in [1.82, 2.24) is 10.2 Å². The highest BCUT2D eigenvalue weighted by atomic mass is 35.5. The molecule has 1 N–H and O–H groups in total. The zero-order valence-corrected chi connectivity index (χ0v) is 18.8. The molecule has 0 aromatic heterocycles. The molecule has 0 radical (unpaired) electrons. The van der Waals surface area contributed by atoms with Crippen LogP contribution in [0.2, 0.25) is 5.02 Å². The predicted molar refractivity (Wildman–Crippen MR) is 121 cm³/mol. The fourth-order valence-electron chi connectivity index (χ4n) is 4.02. The summed E-state index contributed by atoms with van der Waals surface area (Å²) >= 11 is 6.01. The number of amides is 2. The van der Waals surface area contributed by atoms with Gasteiger partial charge in [0.05, 0.1) is 6.42 Å². The highest BCUT2D eigenvalue weighted by Crippen LogP contribution is 2.20. The molecule has 0 bridgehead atoms. The molecular weight excluding hydrogens is 396 g/mol. The van der Waals surface area contributed by atoms with Crippen LogP contribution in [0.3, 0.4) is 0 Å². The molecule has 0 saturated heterocycles. The Morgan fingerprint density at radius 3 is 2.43 bits per heavy atom. The molecule has 0 unspecified atom stereocenters. The van der Waals surface area contributed by atoms with E-state index in [0.717, 1.165) is 47.9 Å². The van der Waals surface area contributed by atoms with Crippen molar-refractivity contribution in [1.29, 1.82) is 0 Å². The molecule has 2 aromatic carbocycles. The number of halogens is 1. The summed E-state index contributed by atoms with van der Waals surface area (Å²) in [5.41, 5.74) is 4.17. The maximum absolute atomic E-state index is 13.4. The van der Waals surface area contributed by atoms with E-state index in [-0.39, 0.29) is 24.3 Å². The number of nitrogens with zero attached hydrogens (tertiary/aromatic N) is 1. The molecule has 1 fully saturated rings. The Bertz CT molecular complexity index is 889. The number of hydrogen-bond acceptors (Lipinski definition) is 2. The lowest BCUT2D eigenvalue weighted by Crippen LogP contribution is -2.50. The van der Waals surface area contributed by atoms with Gasteiger partial charge in [0.15, 0.2) is 0 Å². The predicted octanol–water partition coefficient (Wildman–Crippen LogP) is 4.98. The molecule has 2 amide bonds. The Morgan fingerprint density at radius 2 is 1.77 bits per heavy atom. The van der Waals surface area contributed by atoms with E-state index in [1.165, 1.54) is 0 Å². The molecule has 2 aromatic rings. The van der Waals surface area contributed by atoms with E-state index in [1.54, 1.807) is 4.90 Å². The fourth-order valence-corrected chi connectivity index (χ4v) is 4.14. The number of aryl methyl sites for hydroxylation is 2. The normalized spacial score (nSPS) is 15.1. The van der Waals surface area contributed by atoms with Gasteiger partial charge in [-0.25, -0.2) is 0 Å². The van der Waals surface area contributed by atoms with E-state index in [9.17, 15) is 9.59 Å². The van der Waals surface area contributed by atoms with Crippen molar-refractivity contribution in [2.24, 2.45) is 0 Å². The van der Waals surface area contributed by atoms with Crippen LogP contribution in [-0.2, 0) is 22.6 Å². The summed E-state index contributed by atoms with van der Waals surface area (Å²) < 4.78 is 0. The lowest BCUT2D eigenvalue weighted by atomic mass is 10.0. The van der Waals surface area contributed by atoms with Gasteiger partial charge in [-0.05, 0) is 62.4 Å². The van der Waals surface area contributed by atoms with E-state index in [1.807, 2.05) is 57.2 Å². The van der Waals surface area contributed by atoms with Crippen LogP contribution in [0.25, 0.3) is 0 Å². The first-order chi connectivity index (χ1) is 14.3. The first kappa shape index (κ1) is 22.4. The maximum Gasteiger partial charge on any atom is 0.242 e. The molecule has 1 atom stereocenters. The second kappa shape index (κ2) is 10.1. The summed E-state index contributed by atoms with van der Waals surface area (Å²) in [6.07, 6.45) is 4.62. The highest BCUT2D eigenvalue weighted by molar-refractivity contribution is 6.30. The van der Waals surface area contributed by atoms with Crippen LogP contribution in [0.5, 0.6) is 0 Å². The van der Waals surface area contributed by atoms with Crippen molar-refractivity contribution >= 4 is 23.4 Å². The van der Waals surface area contributed by atoms with Crippen molar-refractivity contribution < 1.29 is 9.59 Å². The number of benzene rings is 2. The maximum atomic E-state index is 13.4. The summed E-state index contributed by atoms with van der Waals surface area (Å²) in [7, 11) is 0. The topological polar surface area (TPSA) is 49.4 Å². The molecule has 1 saturated carbocycles. The molecule has 160 valence electrons. The van der Waals surface area contributed by atoms with Crippen molar-refractivity contribution in [3.05, 3.63) is 69.7 Å². The Morgan fingerprint density at radius 1 is 1.10 bits per heavy atom. The van der Waals surface area contributed by atoms with Crippen LogP contribution in [0.15, 0.2) is 42.5 Å². The SMILES string of the molecule is Cc1ccc(C)c(CC(=O)N(Cc2ccc(Cl)cc2)[C@@H](C)C(=O)NC2CCCC2)c1. The third-order valence-electron chi connectivity index (χ3n) is 5.98. The van der Waals surface area contributed by atoms with E-state index in [4.69, 9.17) is 11.6 Å². The molecule has 1 aliphatic rings. The van der Waals surface area contributed by atoms with Crippen molar-refractivity contribution in [2.75, 3.05) is 0 Å². The van der Waals surface area contributed by atoms with Crippen molar-refractivity contribution in [3.63, 3.8) is 0 Å². The van der Waals surface area contributed by atoms with E-state index >= 15 is 0 Å². The number of nitrogens with one attached hydrogen (secondary N) is 1. The second-order valence-corrected chi connectivity index (χ2v) is 8.86. The minimum Gasteiger partial charge on any atom is -0.352 e. The van der Waals surface area contributed by atoms with E-state index < -0.39 is 6.04 Å². The quantitative estimate of drug-likeness (QED) is 0.679. The van der Waals surface area contributed by atoms with Gasteiger partial charge in [0, 0.05) is 17.6 Å². The number of hydrogen-bond donors (Lipinski definition) is 1. The Labute approximate surface area is 184 Å². The summed E-state index contributed by atoms with van der Waals surface area (Å²) in [5, 5.41) is 3.79. The summed E-state index contributed by atoms with van der Waals surface area (Å²) in [6, 6.07) is 13.3. The minimum absolute atomic E-state index is 0.0484. The summed E-state index contributed by atoms with van der Waals surface area (Å²) in [5.74, 6) is -0.127. The van der Waals surface area contributed by atoms with Gasteiger partial charge in [-0.3, -0.25) is 9.59 Å². The van der Waals surface area contributed by atoms with E-state index in [2.05, 4.69) is 11.4 Å². The van der Waals surface area contributed by atoms with Gasteiger partial charge in [0.1, 0.15) is 6.04 Å². The van der Waals surface area contributed by atoms with Gasteiger partial charge in [0.25, 0.3) is 0 Å². The van der Waals surface area contributed by atoms with Gasteiger partial charge >= 0.3 is 0 Å². The first-order valence-corrected chi connectivity index (χ1v) is 11.1. The number of carbonyl (C=O) groups is 2. The van der Waals surface area contributed by atoms with E-state index in [0.29, 0.717) is 11.6 Å². The number of rotatable bonds is 7. The van der Waals surface area contributed by atoms with Crippen LogP contribution in [0, 0.1) is 13.8 Å². The Hall–Kier alpha value is -2.33. The van der Waals surface area contributed by atoms with Crippen molar-refractivity contribution in [2.45, 2.75) is 71.5 Å². The molecule has 1 aliphatic carbocycles. The fraction of sp³-hybridized carbons (Fsp3) is 0.440. The van der Waals surface area contributed by atoms with Crippen LogP contribution in [-0.4, -0.2) is 28.8 Å². The molecule has 30 heavy (non-hydrogen) atoms. The monoisotopic (exact) mass is 426 g/mol. The van der Waals surface area contributed by atoms with Crippen LogP contribution < -0.4 is 5.32 Å². The zero-order valence-electron chi connectivity index (χ0n) is 18.1. The second-order valence-electron chi connectivity index (χ2n) is 8.42. The Kier molecular flexibility index (Phi) is 7.54.